The highest BCUT2D eigenvalue weighted by molar-refractivity contribution is 6.34. The number of aliphatic hydroxyl groups excluding tert-OH is 1. The lowest BCUT2D eigenvalue weighted by molar-refractivity contribution is -0.195. The van der Waals surface area contributed by atoms with Gasteiger partial charge in [-0.2, -0.15) is 0 Å². The molecule has 4 aromatic rings. The van der Waals surface area contributed by atoms with Gasteiger partial charge in [0.05, 0.1) is 42.0 Å². The smallest absolute Gasteiger partial charge is 0.260 e. The maximum Gasteiger partial charge on any atom is 0.260 e. The van der Waals surface area contributed by atoms with E-state index in [4.69, 9.17) is 14.2 Å². The Balaban J connectivity index is 1.94. The summed E-state index contributed by atoms with van der Waals surface area (Å²) in [7, 11) is 0. The Morgan fingerprint density at radius 2 is 1.21 bits per heavy atom. The second-order valence-electron chi connectivity index (χ2n) is 13.5. The van der Waals surface area contributed by atoms with E-state index in [2.05, 4.69) is 50.0 Å². The zero-order valence-corrected chi connectivity index (χ0v) is 29.6. The van der Waals surface area contributed by atoms with Gasteiger partial charge in [0, 0.05) is 45.3 Å². The zero-order valence-electron chi connectivity index (χ0n) is 29.6. The van der Waals surface area contributed by atoms with Crippen LogP contribution >= 0.6 is 0 Å². The molecule has 5 rings (SSSR count). The van der Waals surface area contributed by atoms with Crippen LogP contribution in [0.15, 0.2) is 97.8 Å². The molecule has 0 bridgehead atoms. The summed E-state index contributed by atoms with van der Waals surface area (Å²) in [5.41, 5.74) is 2.62. The molecule has 2 aromatic carbocycles. The molecule has 2 aromatic heterocycles. The van der Waals surface area contributed by atoms with Gasteiger partial charge in [-0.25, -0.2) is 0 Å². The SMILES string of the molecule is C=CC(C)(C)n1cc(C2=C(OCCC)C(OCCC)(OCCC)C(c3cn(C(C)(C)C=C)c4ccccc34)=C(O)C2=O)c2ccccc21. The van der Waals surface area contributed by atoms with E-state index in [9.17, 15) is 9.90 Å². The maximum absolute atomic E-state index is 14.9. The van der Waals surface area contributed by atoms with Crippen LogP contribution in [-0.4, -0.2) is 45.6 Å². The van der Waals surface area contributed by atoms with Gasteiger partial charge in [0.2, 0.25) is 5.78 Å². The van der Waals surface area contributed by atoms with Crippen LogP contribution in [0.1, 0.15) is 78.9 Å². The number of para-hydroxylation sites is 2. The molecular formula is C41H50N2O5. The van der Waals surface area contributed by atoms with Crippen molar-refractivity contribution < 1.29 is 24.1 Å². The summed E-state index contributed by atoms with van der Waals surface area (Å²) >= 11 is 0. The molecule has 0 spiro atoms. The summed E-state index contributed by atoms with van der Waals surface area (Å²) in [5.74, 6) is -2.45. The number of Topliss-reactive ketones (excluding diaryl/α,β-unsaturated/α-hetero) is 1. The summed E-state index contributed by atoms with van der Waals surface area (Å²) in [4.78, 5) is 14.9. The number of ketones is 1. The molecule has 0 fully saturated rings. The van der Waals surface area contributed by atoms with E-state index < -0.39 is 28.4 Å². The van der Waals surface area contributed by atoms with Crippen LogP contribution in [-0.2, 0) is 30.1 Å². The minimum atomic E-state index is -1.72. The van der Waals surface area contributed by atoms with Gasteiger partial charge in [-0.15, -0.1) is 13.2 Å². The first-order valence-corrected chi connectivity index (χ1v) is 17.1. The number of nitrogens with zero attached hydrogens (tertiary/aromatic N) is 2. The van der Waals surface area contributed by atoms with E-state index in [-0.39, 0.29) is 16.9 Å². The Labute approximate surface area is 284 Å². The molecule has 7 nitrogen and oxygen atoms in total. The third-order valence-corrected chi connectivity index (χ3v) is 9.21. The van der Waals surface area contributed by atoms with Crippen molar-refractivity contribution >= 4 is 38.7 Å². The number of ether oxygens (including phenoxy) is 3. The van der Waals surface area contributed by atoms with Crippen molar-refractivity contribution in [2.75, 3.05) is 19.8 Å². The highest BCUT2D eigenvalue weighted by atomic mass is 16.7. The Morgan fingerprint density at radius 3 is 1.69 bits per heavy atom. The third kappa shape index (κ3) is 5.73. The predicted octanol–water partition coefficient (Wildman–Crippen LogP) is 9.68. The number of hydrogen-bond acceptors (Lipinski definition) is 5. The number of allylic oxidation sites excluding steroid dienone is 3. The molecule has 0 unspecified atom stereocenters. The molecule has 7 heteroatoms. The van der Waals surface area contributed by atoms with Gasteiger partial charge in [-0.1, -0.05) is 69.3 Å². The first kappa shape index (κ1) is 35.0. The van der Waals surface area contributed by atoms with Crippen LogP contribution in [0.3, 0.4) is 0 Å². The van der Waals surface area contributed by atoms with E-state index in [1.165, 1.54) is 0 Å². The fraction of sp³-hybridized carbons (Fsp3) is 0.390. The normalized spacial score (nSPS) is 15.5. The molecule has 0 amide bonds. The van der Waals surface area contributed by atoms with Crippen molar-refractivity contribution in [3.8, 4) is 0 Å². The van der Waals surface area contributed by atoms with Crippen molar-refractivity contribution in [1.82, 2.24) is 9.13 Å². The van der Waals surface area contributed by atoms with E-state index in [0.29, 0.717) is 50.2 Å². The van der Waals surface area contributed by atoms with Gasteiger partial charge in [-0.3, -0.25) is 4.79 Å². The van der Waals surface area contributed by atoms with Crippen molar-refractivity contribution in [3.63, 3.8) is 0 Å². The molecule has 0 aliphatic heterocycles. The summed E-state index contributed by atoms with van der Waals surface area (Å²) in [6.45, 7) is 23.4. The molecule has 0 radical (unpaired) electrons. The monoisotopic (exact) mass is 650 g/mol. The lowest BCUT2D eigenvalue weighted by atomic mass is 9.82. The van der Waals surface area contributed by atoms with Gasteiger partial charge in [-0.05, 0) is 59.1 Å². The number of carbonyl (C=O) groups excluding carboxylic acids is 1. The second kappa shape index (κ2) is 13.7. The van der Waals surface area contributed by atoms with E-state index in [0.717, 1.165) is 21.8 Å². The van der Waals surface area contributed by atoms with Crippen LogP contribution in [0.2, 0.25) is 0 Å². The summed E-state index contributed by atoms with van der Waals surface area (Å²) in [6.07, 6.45) is 9.71. The Kier molecular flexibility index (Phi) is 9.95. The van der Waals surface area contributed by atoms with Crippen LogP contribution in [0.5, 0.6) is 0 Å². The standard InChI is InChI=1S/C41H50N2O5/c1-10-23-46-38-34(30-26-42(39(6,7)13-4)32-21-17-15-19-28(30)32)36(44)37(45)35(41(38,47-24-11-2)48-25-12-3)31-27-43(40(8,9)14-5)33-22-18-16-20-29(31)33/h13-22,26-27,45H,4-5,10-12,23-25H2,1-3,6-9H3. The minimum absolute atomic E-state index is 0.224. The van der Waals surface area contributed by atoms with Crippen molar-refractivity contribution in [2.45, 2.75) is 84.6 Å². The Bertz CT molecular complexity index is 1910. The van der Waals surface area contributed by atoms with Gasteiger partial charge < -0.3 is 28.5 Å². The van der Waals surface area contributed by atoms with Gasteiger partial charge in [0.25, 0.3) is 5.79 Å². The van der Waals surface area contributed by atoms with Gasteiger partial charge >= 0.3 is 0 Å². The summed E-state index contributed by atoms with van der Waals surface area (Å²) in [5, 5.41) is 14.0. The fourth-order valence-electron chi connectivity index (χ4n) is 6.41. The molecule has 1 aliphatic carbocycles. The van der Waals surface area contributed by atoms with Gasteiger partial charge in [0.1, 0.15) is 0 Å². The minimum Gasteiger partial charge on any atom is -0.504 e. The zero-order chi connectivity index (χ0) is 34.9. The van der Waals surface area contributed by atoms with Crippen LogP contribution < -0.4 is 0 Å². The number of hydrogen-bond donors (Lipinski definition) is 1. The molecule has 0 atom stereocenters. The number of carbonyl (C=O) groups is 1. The number of rotatable bonds is 15. The fourth-order valence-corrected chi connectivity index (χ4v) is 6.41. The van der Waals surface area contributed by atoms with E-state index in [1.54, 1.807) is 0 Å². The van der Waals surface area contributed by atoms with Crippen LogP contribution in [0.4, 0.5) is 0 Å². The average molecular weight is 651 g/mol. The second-order valence-corrected chi connectivity index (χ2v) is 13.5. The lowest BCUT2D eigenvalue weighted by Crippen LogP contribution is -2.46. The molecule has 1 aliphatic rings. The topological polar surface area (TPSA) is 74.8 Å². The van der Waals surface area contributed by atoms with Crippen molar-refractivity contribution in [3.05, 3.63) is 109 Å². The predicted molar refractivity (Wildman–Crippen MR) is 196 cm³/mol. The maximum atomic E-state index is 14.9. The first-order chi connectivity index (χ1) is 22.9. The largest absolute Gasteiger partial charge is 0.504 e. The van der Waals surface area contributed by atoms with E-state index in [1.807, 2.05) is 93.8 Å². The number of aliphatic hydroxyl groups is 1. The molecular weight excluding hydrogens is 600 g/mol. The molecule has 1 N–H and O–H groups in total. The molecule has 48 heavy (non-hydrogen) atoms. The molecule has 254 valence electrons. The average Bonchev–Trinajstić information content (AvgIpc) is 3.67. The van der Waals surface area contributed by atoms with Gasteiger partial charge in [0.15, 0.2) is 11.5 Å². The molecule has 2 heterocycles. The number of fused-ring (bicyclic) bond motifs is 2. The third-order valence-electron chi connectivity index (χ3n) is 9.21. The lowest BCUT2D eigenvalue weighted by Gasteiger charge is -2.40. The Morgan fingerprint density at radius 1 is 0.750 bits per heavy atom. The van der Waals surface area contributed by atoms with Crippen LogP contribution in [0, 0.1) is 0 Å². The molecule has 0 saturated carbocycles. The quantitative estimate of drug-likeness (QED) is 0.102. The van der Waals surface area contributed by atoms with Crippen molar-refractivity contribution in [2.24, 2.45) is 0 Å². The number of aromatic nitrogens is 2. The number of benzene rings is 2. The summed E-state index contributed by atoms with van der Waals surface area (Å²) in [6, 6.07) is 15.9. The first-order valence-electron chi connectivity index (χ1n) is 17.1. The van der Waals surface area contributed by atoms with E-state index >= 15 is 0 Å². The van der Waals surface area contributed by atoms with Crippen LogP contribution in [0.25, 0.3) is 33.0 Å². The highest BCUT2D eigenvalue weighted by Gasteiger charge is 2.54. The van der Waals surface area contributed by atoms with Crippen molar-refractivity contribution in [1.29, 1.82) is 0 Å². The Hall–Kier alpha value is -4.33. The molecule has 0 saturated heterocycles. The highest BCUT2D eigenvalue weighted by Crippen LogP contribution is 2.51. The summed E-state index contributed by atoms with van der Waals surface area (Å²) < 4.78 is 24.5.